The second kappa shape index (κ2) is 4.59. The van der Waals surface area contributed by atoms with E-state index in [-0.39, 0.29) is 5.82 Å². The van der Waals surface area contributed by atoms with Gasteiger partial charge in [0, 0.05) is 5.39 Å². The molecule has 3 aromatic rings. The van der Waals surface area contributed by atoms with Gasteiger partial charge in [-0.05, 0) is 19.1 Å². The molecule has 5 heteroatoms. The summed E-state index contributed by atoms with van der Waals surface area (Å²) in [4.78, 5) is 13.0. The molecule has 20 heavy (non-hydrogen) atoms. The van der Waals surface area contributed by atoms with Gasteiger partial charge in [0.15, 0.2) is 5.82 Å². The molecule has 0 aliphatic carbocycles. The SMILES string of the molecule is Cc1nc(-c2ccc3ccccc3n2)nc(N)c1C#N. The predicted molar refractivity (Wildman–Crippen MR) is 76.6 cm³/mol. The first-order valence-electron chi connectivity index (χ1n) is 6.09. The van der Waals surface area contributed by atoms with Crippen molar-refractivity contribution in [3.8, 4) is 17.6 Å². The number of benzene rings is 1. The molecule has 0 saturated heterocycles. The summed E-state index contributed by atoms with van der Waals surface area (Å²) in [6.07, 6.45) is 0. The van der Waals surface area contributed by atoms with Crippen molar-refractivity contribution in [3.05, 3.63) is 47.7 Å². The molecule has 2 aromatic heterocycles. The number of para-hydroxylation sites is 1. The van der Waals surface area contributed by atoms with Crippen LogP contribution in [-0.2, 0) is 0 Å². The highest BCUT2D eigenvalue weighted by Crippen LogP contribution is 2.21. The van der Waals surface area contributed by atoms with Crippen LogP contribution in [0.15, 0.2) is 36.4 Å². The number of nitrogens with zero attached hydrogens (tertiary/aromatic N) is 4. The van der Waals surface area contributed by atoms with E-state index in [1.54, 1.807) is 6.92 Å². The van der Waals surface area contributed by atoms with Crippen LogP contribution in [0.4, 0.5) is 5.82 Å². The van der Waals surface area contributed by atoms with Gasteiger partial charge >= 0.3 is 0 Å². The van der Waals surface area contributed by atoms with Crippen molar-refractivity contribution in [1.29, 1.82) is 5.26 Å². The Morgan fingerprint density at radius 2 is 1.85 bits per heavy atom. The van der Waals surface area contributed by atoms with E-state index in [0.29, 0.717) is 22.8 Å². The quantitative estimate of drug-likeness (QED) is 0.726. The number of nitrogen functional groups attached to an aromatic ring is 1. The molecule has 0 amide bonds. The number of anilines is 1. The number of rotatable bonds is 1. The van der Waals surface area contributed by atoms with E-state index in [9.17, 15) is 0 Å². The third kappa shape index (κ3) is 1.93. The Hall–Kier alpha value is -3.00. The Morgan fingerprint density at radius 3 is 2.60 bits per heavy atom. The topological polar surface area (TPSA) is 88.5 Å². The Balaban J connectivity index is 2.18. The van der Waals surface area contributed by atoms with Crippen LogP contribution in [0.3, 0.4) is 0 Å². The monoisotopic (exact) mass is 261 g/mol. The molecule has 0 spiro atoms. The molecule has 1 aromatic carbocycles. The molecule has 0 saturated carbocycles. The molecule has 96 valence electrons. The standard InChI is InChI=1S/C15H11N5/c1-9-11(8-16)14(17)20-15(18-9)13-7-6-10-4-2-3-5-12(10)19-13/h2-7H,1H3,(H2,17,18,20). The third-order valence-corrected chi connectivity index (χ3v) is 3.06. The lowest BCUT2D eigenvalue weighted by molar-refractivity contribution is 1.09. The summed E-state index contributed by atoms with van der Waals surface area (Å²) in [6.45, 7) is 1.74. The Bertz CT molecular complexity index is 825. The van der Waals surface area contributed by atoms with E-state index < -0.39 is 0 Å². The fourth-order valence-corrected chi connectivity index (χ4v) is 2.04. The normalized spacial score (nSPS) is 10.4. The maximum Gasteiger partial charge on any atom is 0.180 e. The third-order valence-electron chi connectivity index (χ3n) is 3.06. The van der Waals surface area contributed by atoms with Crippen LogP contribution in [0.1, 0.15) is 11.3 Å². The average Bonchev–Trinajstić information content (AvgIpc) is 2.46. The smallest absolute Gasteiger partial charge is 0.180 e. The van der Waals surface area contributed by atoms with Crippen LogP contribution >= 0.6 is 0 Å². The number of fused-ring (bicyclic) bond motifs is 1. The number of hydrogen-bond acceptors (Lipinski definition) is 5. The van der Waals surface area contributed by atoms with Crippen molar-refractivity contribution in [2.75, 3.05) is 5.73 Å². The van der Waals surface area contributed by atoms with E-state index in [1.807, 2.05) is 42.5 Å². The zero-order valence-electron chi connectivity index (χ0n) is 10.8. The van der Waals surface area contributed by atoms with Gasteiger partial charge in [-0.1, -0.05) is 24.3 Å². The predicted octanol–water partition coefficient (Wildman–Crippen LogP) is 2.45. The van der Waals surface area contributed by atoms with Crippen LogP contribution in [0.5, 0.6) is 0 Å². The van der Waals surface area contributed by atoms with Crippen molar-refractivity contribution >= 4 is 16.7 Å². The number of nitrogens with two attached hydrogens (primary N) is 1. The summed E-state index contributed by atoms with van der Waals surface area (Å²) in [5.74, 6) is 0.620. The number of aryl methyl sites for hydroxylation is 1. The summed E-state index contributed by atoms with van der Waals surface area (Å²) in [6, 6.07) is 13.6. The van der Waals surface area contributed by atoms with E-state index >= 15 is 0 Å². The molecule has 0 bridgehead atoms. The molecular formula is C15H11N5. The molecule has 0 aliphatic heterocycles. The minimum absolute atomic E-state index is 0.185. The Labute approximate surface area is 115 Å². The van der Waals surface area contributed by atoms with Gasteiger partial charge in [0.25, 0.3) is 0 Å². The highest BCUT2D eigenvalue weighted by Gasteiger charge is 2.11. The maximum absolute atomic E-state index is 8.98. The van der Waals surface area contributed by atoms with Gasteiger partial charge in [-0.3, -0.25) is 0 Å². The molecule has 2 N–H and O–H groups in total. The summed E-state index contributed by atoms with van der Waals surface area (Å²) in [5.41, 5.74) is 8.17. The molecule has 0 aliphatic rings. The van der Waals surface area contributed by atoms with Gasteiger partial charge in [0.05, 0.1) is 11.2 Å². The molecule has 3 rings (SSSR count). The van der Waals surface area contributed by atoms with Crippen LogP contribution in [0.2, 0.25) is 0 Å². The first-order valence-corrected chi connectivity index (χ1v) is 6.09. The van der Waals surface area contributed by atoms with Crippen molar-refractivity contribution in [1.82, 2.24) is 15.0 Å². The van der Waals surface area contributed by atoms with Gasteiger partial charge in [-0.25, -0.2) is 15.0 Å². The van der Waals surface area contributed by atoms with Gasteiger partial charge in [0.2, 0.25) is 0 Å². The van der Waals surface area contributed by atoms with Crippen LogP contribution in [0.25, 0.3) is 22.4 Å². The highest BCUT2D eigenvalue weighted by atomic mass is 15.0. The minimum atomic E-state index is 0.185. The Morgan fingerprint density at radius 1 is 1.05 bits per heavy atom. The van der Waals surface area contributed by atoms with E-state index in [1.165, 1.54) is 0 Å². The number of hydrogen-bond donors (Lipinski definition) is 1. The largest absolute Gasteiger partial charge is 0.382 e. The van der Waals surface area contributed by atoms with Crippen molar-refractivity contribution in [2.24, 2.45) is 0 Å². The average molecular weight is 261 g/mol. The molecule has 0 atom stereocenters. The first kappa shape index (κ1) is 12.1. The second-order valence-electron chi connectivity index (χ2n) is 4.39. The van der Waals surface area contributed by atoms with Crippen molar-refractivity contribution in [3.63, 3.8) is 0 Å². The van der Waals surface area contributed by atoms with E-state index in [0.717, 1.165) is 10.9 Å². The molecule has 5 nitrogen and oxygen atoms in total. The summed E-state index contributed by atoms with van der Waals surface area (Å²) in [5, 5.41) is 10.0. The van der Waals surface area contributed by atoms with Gasteiger partial charge in [0.1, 0.15) is 23.1 Å². The van der Waals surface area contributed by atoms with Crippen LogP contribution in [0, 0.1) is 18.3 Å². The fourth-order valence-electron chi connectivity index (χ4n) is 2.04. The summed E-state index contributed by atoms with van der Waals surface area (Å²) in [7, 11) is 0. The molecule has 0 unspecified atom stereocenters. The summed E-state index contributed by atoms with van der Waals surface area (Å²) < 4.78 is 0. The second-order valence-corrected chi connectivity index (χ2v) is 4.39. The van der Waals surface area contributed by atoms with Crippen molar-refractivity contribution in [2.45, 2.75) is 6.92 Å². The lowest BCUT2D eigenvalue weighted by Crippen LogP contribution is -2.03. The summed E-state index contributed by atoms with van der Waals surface area (Å²) >= 11 is 0. The molecule has 2 heterocycles. The molecular weight excluding hydrogens is 250 g/mol. The van der Waals surface area contributed by atoms with E-state index in [2.05, 4.69) is 15.0 Å². The first-order chi connectivity index (χ1) is 9.69. The number of nitriles is 1. The maximum atomic E-state index is 8.98. The molecule has 0 radical (unpaired) electrons. The zero-order chi connectivity index (χ0) is 14.1. The van der Waals surface area contributed by atoms with Gasteiger partial charge in [-0.15, -0.1) is 0 Å². The van der Waals surface area contributed by atoms with Crippen molar-refractivity contribution < 1.29 is 0 Å². The highest BCUT2D eigenvalue weighted by molar-refractivity contribution is 5.80. The zero-order valence-corrected chi connectivity index (χ0v) is 10.8. The van der Waals surface area contributed by atoms with Crippen LogP contribution in [-0.4, -0.2) is 15.0 Å². The molecule has 0 fully saturated rings. The Kier molecular flexibility index (Phi) is 2.77. The number of pyridine rings is 1. The number of aromatic nitrogens is 3. The minimum Gasteiger partial charge on any atom is -0.382 e. The van der Waals surface area contributed by atoms with Gasteiger partial charge in [-0.2, -0.15) is 5.26 Å². The lowest BCUT2D eigenvalue weighted by atomic mass is 10.2. The van der Waals surface area contributed by atoms with E-state index in [4.69, 9.17) is 11.0 Å². The fraction of sp³-hybridized carbons (Fsp3) is 0.0667. The van der Waals surface area contributed by atoms with Crippen LogP contribution < -0.4 is 5.73 Å². The van der Waals surface area contributed by atoms with Gasteiger partial charge < -0.3 is 5.73 Å². The lowest BCUT2D eigenvalue weighted by Gasteiger charge is -2.06.